The van der Waals surface area contributed by atoms with E-state index in [0.717, 1.165) is 29.0 Å². The maximum Gasteiger partial charge on any atom is 0.251 e. The summed E-state index contributed by atoms with van der Waals surface area (Å²) in [5.74, 6) is 1.21. The van der Waals surface area contributed by atoms with Gasteiger partial charge in [0.2, 0.25) is 0 Å². The molecule has 0 aliphatic rings. The number of hydrogen-bond donors (Lipinski definition) is 1. The second-order valence-electron chi connectivity index (χ2n) is 6.61. The monoisotopic (exact) mass is 398 g/mol. The van der Waals surface area contributed by atoms with Crippen molar-refractivity contribution in [3.05, 3.63) is 81.7 Å². The van der Waals surface area contributed by atoms with Crippen LogP contribution >= 0.6 is 11.6 Å². The van der Waals surface area contributed by atoms with Gasteiger partial charge in [0.25, 0.3) is 5.91 Å². The molecule has 0 saturated heterocycles. The van der Waals surface area contributed by atoms with Crippen molar-refractivity contribution in [2.45, 2.75) is 39.8 Å². The molecule has 3 rings (SSSR count). The van der Waals surface area contributed by atoms with Crippen LogP contribution in [0.4, 0.5) is 0 Å². The summed E-state index contributed by atoms with van der Waals surface area (Å²) >= 11 is 5.95. The van der Waals surface area contributed by atoms with Gasteiger partial charge in [-0.1, -0.05) is 41.9 Å². The van der Waals surface area contributed by atoms with E-state index < -0.39 is 0 Å². The lowest BCUT2D eigenvalue weighted by molar-refractivity contribution is 0.0935. The van der Waals surface area contributed by atoms with Crippen LogP contribution in [0.2, 0.25) is 5.02 Å². The largest absolute Gasteiger partial charge is 0.489 e. The number of carbonyl (C=O) groups is 1. The van der Waals surface area contributed by atoms with Crippen LogP contribution in [0.1, 0.15) is 52.3 Å². The minimum Gasteiger partial charge on any atom is -0.489 e. The van der Waals surface area contributed by atoms with Crippen LogP contribution in [-0.4, -0.2) is 11.1 Å². The van der Waals surface area contributed by atoms with Crippen molar-refractivity contribution in [3.8, 4) is 5.75 Å². The van der Waals surface area contributed by atoms with Crippen LogP contribution in [0.25, 0.3) is 0 Å². The zero-order chi connectivity index (χ0) is 20.1. The van der Waals surface area contributed by atoms with E-state index in [4.69, 9.17) is 20.9 Å². The first-order valence-electron chi connectivity index (χ1n) is 9.19. The van der Waals surface area contributed by atoms with Gasteiger partial charge < -0.3 is 14.6 Å². The van der Waals surface area contributed by atoms with E-state index in [1.807, 2.05) is 51.1 Å². The molecule has 6 heteroatoms. The third-order valence-corrected chi connectivity index (χ3v) is 4.90. The lowest BCUT2D eigenvalue weighted by atomic mass is 10.0. The lowest BCUT2D eigenvalue weighted by Gasteiger charge is -2.18. The minimum atomic E-state index is -0.149. The second-order valence-corrected chi connectivity index (χ2v) is 7.04. The van der Waals surface area contributed by atoms with E-state index in [9.17, 15) is 4.79 Å². The van der Waals surface area contributed by atoms with E-state index in [0.29, 0.717) is 22.9 Å². The molecule has 5 nitrogen and oxygen atoms in total. The van der Waals surface area contributed by atoms with Crippen LogP contribution < -0.4 is 10.1 Å². The molecule has 1 atom stereocenters. The highest BCUT2D eigenvalue weighted by Crippen LogP contribution is 2.22. The van der Waals surface area contributed by atoms with Gasteiger partial charge >= 0.3 is 0 Å². The summed E-state index contributed by atoms with van der Waals surface area (Å²) in [6.45, 7) is 6.10. The molecule has 1 aromatic heterocycles. The van der Waals surface area contributed by atoms with Gasteiger partial charge in [-0.15, -0.1) is 0 Å². The molecule has 28 heavy (non-hydrogen) atoms. The molecule has 1 heterocycles. The summed E-state index contributed by atoms with van der Waals surface area (Å²) in [4.78, 5) is 12.7. The summed E-state index contributed by atoms with van der Waals surface area (Å²) < 4.78 is 11.0. The molecule has 146 valence electrons. The molecule has 2 aromatic carbocycles. The Balaban J connectivity index is 1.68. The Bertz CT molecular complexity index is 931. The number of ether oxygens (including phenoxy) is 1. The van der Waals surface area contributed by atoms with Gasteiger partial charge in [0.1, 0.15) is 18.1 Å². The summed E-state index contributed by atoms with van der Waals surface area (Å²) in [6, 6.07) is 14.6. The van der Waals surface area contributed by atoms with Crippen molar-refractivity contribution in [1.29, 1.82) is 0 Å². The molecule has 0 saturated carbocycles. The predicted octanol–water partition coefficient (Wildman–Crippen LogP) is 5.40. The summed E-state index contributed by atoms with van der Waals surface area (Å²) in [7, 11) is 0. The molecule has 0 radical (unpaired) electrons. The summed E-state index contributed by atoms with van der Waals surface area (Å²) in [6.07, 6.45) is 0.773. The van der Waals surface area contributed by atoms with Gasteiger partial charge in [-0.3, -0.25) is 4.79 Å². The Morgan fingerprint density at radius 1 is 1.21 bits per heavy atom. The molecule has 0 aliphatic carbocycles. The number of benzene rings is 2. The Morgan fingerprint density at radius 3 is 2.61 bits per heavy atom. The van der Waals surface area contributed by atoms with Gasteiger partial charge in [-0.2, -0.15) is 0 Å². The van der Waals surface area contributed by atoms with Crippen molar-refractivity contribution < 1.29 is 14.1 Å². The van der Waals surface area contributed by atoms with Gasteiger partial charge in [-0.05, 0) is 56.2 Å². The topological polar surface area (TPSA) is 64.4 Å². The second kappa shape index (κ2) is 8.93. The van der Waals surface area contributed by atoms with Crippen LogP contribution in [0.3, 0.4) is 0 Å². The number of rotatable bonds is 7. The molecule has 1 unspecified atom stereocenters. The smallest absolute Gasteiger partial charge is 0.251 e. The number of hydrogen-bond acceptors (Lipinski definition) is 4. The number of nitrogens with one attached hydrogen (secondary N) is 1. The highest BCUT2D eigenvalue weighted by Gasteiger charge is 2.15. The van der Waals surface area contributed by atoms with Crippen LogP contribution in [0.15, 0.2) is 53.1 Å². The maximum atomic E-state index is 12.7. The van der Waals surface area contributed by atoms with Crippen molar-refractivity contribution in [2.24, 2.45) is 0 Å². The fourth-order valence-electron chi connectivity index (χ4n) is 2.95. The van der Waals surface area contributed by atoms with Crippen molar-refractivity contribution in [1.82, 2.24) is 10.5 Å². The summed E-state index contributed by atoms with van der Waals surface area (Å²) in [5, 5.41) is 7.67. The Hall–Kier alpha value is -2.79. The van der Waals surface area contributed by atoms with Gasteiger partial charge in [0.15, 0.2) is 0 Å². The quantitative estimate of drug-likeness (QED) is 0.578. The number of aryl methyl sites for hydroxylation is 2. The van der Waals surface area contributed by atoms with Crippen LogP contribution in [0, 0.1) is 13.8 Å². The number of amides is 1. The van der Waals surface area contributed by atoms with E-state index in [1.165, 1.54) is 0 Å². The minimum absolute atomic E-state index is 0.0864. The number of carbonyl (C=O) groups excluding carboxylic acids is 1. The molecular formula is C22H23ClN2O3. The zero-order valence-corrected chi connectivity index (χ0v) is 16.9. The molecule has 1 N–H and O–H groups in total. The molecular weight excluding hydrogens is 376 g/mol. The number of nitrogens with zero attached hydrogens (tertiary/aromatic N) is 1. The number of aromatic nitrogens is 1. The molecule has 3 aromatic rings. The molecule has 1 amide bonds. The van der Waals surface area contributed by atoms with Crippen molar-refractivity contribution >= 4 is 17.5 Å². The Kier molecular flexibility index (Phi) is 6.37. The third-order valence-electron chi connectivity index (χ3n) is 4.65. The highest BCUT2D eigenvalue weighted by molar-refractivity contribution is 6.30. The van der Waals surface area contributed by atoms with Crippen molar-refractivity contribution in [3.63, 3.8) is 0 Å². The van der Waals surface area contributed by atoms with Gasteiger partial charge in [0, 0.05) is 10.6 Å². The maximum absolute atomic E-state index is 12.7. The Morgan fingerprint density at radius 2 is 1.96 bits per heavy atom. The lowest BCUT2D eigenvalue weighted by Crippen LogP contribution is -2.28. The first-order valence-corrected chi connectivity index (χ1v) is 9.56. The van der Waals surface area contributed by atoms with Gasteiger partial charge in [0.05, 0.1) is 17.3 Å². The molecule has 0 aliphatic heterocycles. The van der Waals surface area contributed by atoms with E-state index >= 15 is 0 Å². The Labute approximate surface area is 169 Å². The summed E-state index contributed by atoms with van der Waals surface area (Å²) in [5.41, 5.74) is 3.29. The van der Waals surface area contributed by atoms with E-state index in [2.05, 4.69) is 10.5 Å². The van der Waals surface area contributed by atoms with Crippen LogP contribution in [0.5, 0.6) is 5.75 Å². The number of halogens is 1. The molecule has 0 bridgehead atoms. The van der Waals surface area contributed by atoms with Crippen molar-refractivity contribution in [2.75, 3.05) is 0 Å². The third kappa shape index (κ3) is 4.73. The SMILES string of the molecule is CCC(NC(=O)c1cccc(OCc2c(C)noc2C)c1)c1ccc(Cl)cc1. The van der Waals surface area contributed by atoms with E-state index in [1.54, 1.807) is 18.2 Å². The van der Waals surface area contributed by atoms with Gasteiger partial charge in [-0.25, -0.2) is 0 Å². The standard InChI is InChI=1S/C22H23ClN2O3/c1-4-21(16-8-10-18(23)11-9-16)24-22(26)17-6-5-7-19(12-17)27-13-20-14(2)25-28-15(20)3/h5-12,21H,4,13H2,1-3H3,(H,24,26). The molecule has 0 spiro atoms. The average molecular weight is 399 g/mol. The highest BCUT2D eigenvalue weighted by atomic mass is 35.5. The first kappa shape index (κ1) is 20.0. The fourth-order valence-corrected chi connectivity index (χ4v) is 3.07. The zero-order valence-electron chi connectivity index (χ0n) is 16.2. The normalized spacial score (nSPS) is 11.9. The first-order chi connectivity index (χ1) is 13.5. The average Bonchev–Trinajstić information content (AvgIpc) is 3.03. The van der Waals surface area contributed by atoms with Crippen LogP contribution in [-0.2, 0) is 6.61 Å². The fraction of sp³-hybridized carbons (Fsp3) is 0.273. The predicted molar refractivity (Wildman–Crippen MR) is 109 cm³/mol. The van der Waals surface area contributed by atoms with E-state index in [-0.39, 0.29) is 11.9 Å². The molecule has 0 fully saturated rings.